The lowest BCUT2D eigenvalue weighted by Crippen LogP contribution is -2.02. The van der Waals surface area contributed by atoms with Crippen LogP contribution in [0.1, 0.15) is 11.5 Å². The van der Waals surface area contributed by atoms with Gasteiger partial charge >= 0.3 is 5.69 Å². The predicted molar refractivity (Wildman–Crippen MR) is 77.0 cm³/mol. The summed E-state index contributed by atoms with van der Waals surface area (Å²) in [6.45, 7) is 2.14. The van der Waals surface area contributed by atoms with Gasteiger partial charge < -0.3 is 9.84 Å². The number of rotatable bonds is 4. The monoisotopic (exact) mass is 284 g/mol. The van der Waals surface area contributed by atoms with Gasteiger partial charge in [0.2, 0.25) is 0 Å². The number of fused-ring (bicyclic) bond motifs is 1. The Hall–Kier alpha value is -2.96. The summed E-state index contributed by atoms with van der Waals surface area (Å²) in [5.74, 6) is 0.619. The zero-order valence-corrected chi connectivity index (χ0v) is 11.2. The number of aromatic nitrogens is 2. The molecule has 0 saturated heterocycles. The van der Waals surface area contributed by atoms with Crippen LogP contribution in [0.5, 0.6) is 0 Å². The number of pyridine rings is 1. The lowest BCUT2D eigenvalue weighted by atomic mass is 10.1. The van der Waals surface area contributed by atoms with Crippen molar-refractivity contribution in [2.75, 3.05) is 5.32 Å². The molecule has 0 radical (unpaired) electrons. The molecule has 2 aromatic heterocycles. The largest absolute Gasteiger partial charge is 0.372 e. The molecule has 0 aliphatic carbocycles. The lowest BCUT2D eigenvalue weighted by molar-refractivity contribution is -0.382. The van der Waals surface area contributed by atoms with E-state index in [9.17, 15) is 10.1 Å². The first-order chi connectivity index (χ1) is 10.1. The van der Waals surface area contributed by atoms with Crippen molar-refractivity contribution in [3.05, 3.63) is 58.1 Å². The quantitative estimate of drug-likeness (QED) is 0.584. The molecule has 21 heavy (non-hydrogen) atoms. The van der Waals surface area contributed by atoms with Crippen molar-refractivity contribution in [2.45, 2.75) is 13.5 Å². The summed E-state index contributed by atoms with van der Waals surface area (Å²) < 4.78 is 5.08. The summed E-state index contributed by atoms with van der Waals surface area (Å²) in [4.78, 5) is 15.1. The van der Waals surface area contributed by atoms with E-state index in [0.717, 1.165) is 5.69 Å². The second-order valence-corrected chi connectivity index (χ2v) is 4.58. The first-order valence-corrected chi connectivity index (χ1v) is 6.33. The van der Waals surface area contributed by atoms with Crippen LogP contribution in [0.2, 0.25) is 0 Å². The van der Waals surface area contributed by atoms with E-state index >= 15 is 0 Å². The van der Waals surface area contributed by atoms with Crippen LogP contribution in [0.4, 0.5) is 11.4 Å². The molecule has 7 heteroatoms. The Bertz CT molecular complexity index is 813. The number of anilines is 1. The summed E-state index contributed by atoms with van der Waals surface area (Å²) in [6.07, 6.45) is 1.61. The van der Waals surface area contributed by atoms with E-state index in [1.165, 1.54) is 0 Å². The average molecular weight is 284 g/mol. The van der Waals surface area contributed by atoms with Crippen LogP contribution in [0.3, 0.4) is 0 Å². The highest BCUT2D eigenvalue weighted by atomic mass is 16.6. The van der Waals surface area contributed by atoms with Crippen molar-refractivity contribution in [3.63, 3.8) is 0 Å². The summed E-state index contributed by atoms with van der Waals surface area (Å²) in [5, 5.41) is 18.6. The zero-order chi connectivity index (χ0) is 14.8. The fourth-order valence-electron chi connectivity index (χ4n) is 2.16. The first kappa shape index (κ1) is 13.0. The molecule has 0 bridgehead atoms. The standard InChI is InChI=1S/C14H12N4O3/c1-9-7-10(21-17-9)8-16-13-5-4-12-11(3-2-6-15-12)14(13)18(19)20/h2-7,16H,8H2,1H3. The maximum absolute atomic E-state index is 11.4. The molecule has 0 atom stereocenters. The van der Waals surface area contributed by atoms with E-state index in [2.05, 4.69) is 15.5 Å². The summed E-state index contributed by atoms with van der Waals surface area (Å²) in [5.41, 5.74) is 1.79. The number of benzene rings is 1. The Morgan fingerprint density at radius 3 is 2.95 bits per heavy atom. The second-order valence-electron chi connectivity index (χ2n) is 4.58. The molecule has 0 aliphatic heterocycles. The molecule has 0 fully saturated rings. The highest BCUT2D eigenvalue weighted by Crippen LogP contribution is 2.32. The third-order valence-corrected chi connectivity index (χ3v) is 3.07. The van der Waals surface area contributed by atoms with Crippen LogP contribution in [0, 0.1) is 17.0 Å². The van der Waals surface area contributed by atoms with Crippen molar-refractivity contribution in [2.24, 2.45) is 0 Å². The van der Waals surface area contributed by atoms with Gasteiger partial charge in [0.15, 0.2) is 5.76 Å². The Morgan fingerprint density at radius 2 is 2.24 bits per heavy atom. The molecule has 0 amide bonds. The van der Waals surface area contributed by atoms with Crippen molar-refractivity contribution in [3.8, 4) is 0 Å². The fraction of sp³-hybridized carbons (Fsp3) is 0.143. The Labute approximate surface area is 119 Å². The Kier molecular flexibility index (Phi) is 3.23. The first-order valence-electron chi connectivity index (χ1n) is 6.33. The molecule has 0 unspecified atom stereocenters. The van der Waals surface area contributed by atoms with E-state index < -0.39 is 4.92 Å². The molecule has 0 aliphatic rings. The van der Waals surface area contributed by atoms with Gasteiger partial charge in [-0.1, -0.05) is 5.16 Å². The van der Waals surface area contributed by atoms with Crippen LogP contribution >= 0.6 is 0 Å². The van der Waals surface area contributed by atoms with E-state index in [-0.39, 0.29) is 5.69 Å². The minimum atomic E-state index is -0.405. The highest BCUT2D eigenvalue weighted by Gasteiger charge is 2.18. The fourth-order valence-corrected chi connectivity index (χ4v) is 2.16. The van der Waals surface area contributed by atoms with Crippen molar-refractivity contribution < 1.29 is 9.45 Å². The number of nitro benzene ring substituents is 1. The topological polar surface area (TPSA) is 94.1 Å². The Morgan fingerprint density at radius 1 is 1.38 bits per heavy atom. The van der Waals surface area contributed by atoms with Crippen LogP contribution < -0.4 is 5.32 Å². The molecule has 3 rings (SSSR count). The second kappa shape index (κ2) is 5.20. The van der Waals surface area contributed by atoms with E-state index in [1.807, 2.05) is 6.92 Å². The van der Waals surface area contributed by atoms with Gasteiger partial charge in [-0.05, 0) is 31.2 Å². The molecule has 0 spiro atoms. The molecular formula is C14H12N4O3. The van der Waals surface area contributed by atoms with Crippen LogP contribution in [0.25, 0.3) is 10.9 Å². The SMILES string of the molecule is Cc1cc(CNc2ccc3ncccc3c2[N+](=O)[O-])on1. The third-order valence-electron chi connectivity index (χ3n) is 3.07. The molecule has 0 saturated carbocycles. The number of nitrogens with zero attached hydrogens (tertiary/aromatic N) is 3. The molecule has 106 valence electrons. The van der Waals surface area contributed by atoms with Gasteiger partial charge in [0, 0.05) is 12.3 Å². The van der Waals surface area contributed by atoms with Gasteiger partial charge in [0.25, 0.3) is 0 Å². The van der Waals surface area contributed by atoms with Gasteiger partial charge in [0.1, 0.15) is 5.69 Å². The summed E-state index contributed by atoms with van der Waals surface area (Å²) in [6, 6.07) is 8.54. The number of nitrogens with one attached hydrogen (secondary N) is 1. The van der Waals surface area contributed by atoms with Gasteiger partial charge in [-0.3, -0.25) is 15.1 Å². The summed E-state index contributed by atoms with van der Waals surface area (Å²) in [7, 11) is 0. The van der Waals surface area contributed by atoms with Gasteiger partial charge in [-0.15, -0.1) is 0 Å². The number of hydrogen-bond acceptors (Lipinski definition) is 6. The lowest BCUT2D eigenvalue weighted by Gasteiger charge is -2.07. The van der Waals surface area contributed by atoms with Crippen molar-refractivity contribution in [1.82, 2.24) is 10.1 Å². The van der Waals surface area contributed by atoms with Gasteiger partial charge in [-0.25, -0.2) is 0 Å². The molecule has 3 aromatic rings. The molecule has 1 N–H and O–H groups in total. The Balaban J connectivity index is 1.97. The van der Waals surface area contributed by atoms with E-state index in [4.69, 9.17) is 4.52 Å². The normalized spacial score (nSPS) is 10.7. The maximum atomic E-state index is 11.4. The van der Waals surface area contributed by atoms with Gasteiger partial charge in [-0.2, -0.15) is 0 Å². The smallest absolute Gasteiger partial charge is 0.301 e. The number of hydrogen-bond donors (Lipinski definition) is 1. The van der Waals surface area contributed by atoms with Crippen molar-refractivity contribution >= 4 is 22.3 Å². The summed E-state index contributed by atoms with van der Waals surface area (Å²) >= 11 is 0. The highest BCUT2D eigenvalue weighted by molar-refractivity contribution is 5.94. The zero-order valence-electron chi connectivity index (χ0n) is 11.2. The third kappa shape index (κ3) is 2.53. The predicted octanol–water partition coefficient (Wildman–Crippen LogP) is 3.05. The van der Waals surface area contributed by atoms with Gasteiger partial charge in [0.05, 0.1) is 28.1 Å². The minimum Gasteiger partial charge on any atom is -0.372 e. The minimum absolute atomic E-state index is 0.0110. The number of nitro groups is 1. The number of aryl methyl sites for hydroxylation is 1. The van der Waals surface area contributed by atoms with Crippen LogP contribution in [0.15, 0.2) is 41.1 Å². The van der Waals surface area contributed by atoms with E-state index in [1.54, 1.807) is 36.5 Å². The van der Waals surface area contributed by atoms with Crippen LogP contribution in [-0.4, -0.2) is 15.1 Å². The molecular weight excluding hydrogens is 272 g/mol. The maximum Gasteiger partial charge on any atom is 0.301 e. The molecule has 2 heterocycles. The van der Waals surface area contributed by atoms with Crippen molar-refractivity contribution in [1.29, 1.82) is 0 Å². The molecule has 1 aromatic carbocycles. The van der Waals surface area contributed by atoms with E-state index in [0.29, 0.717) is 28.9 Å². The molecule has 7 nitrogen and oxygen atoms in total. The average Bonchev–Trinajstić information content (AvgIpc) is 2.89. The van der Waals surface area contributed by atoms with Crippen LogP contribution in [-0.2, 0) is 6.54 Å².